The second-order valence-corrected chi connectivity index (χ2v) is 9.72. The number of nitrogens with zero attached hydrogens (tertiary/aromatic N) is 2. The minimum absolute atomic E-state index is 0.0933. The quantitative estimate of drug-likeness (QED) is 0.466. The van der Waals surface area contributed by atoms with Crippen LogP contribution in [0.2, 0.25) is 0 Å². The highest BCUT2D eigenvalue weighted by Crippen LogP contribution is 2.22. The highest BCUT2D eigenvalue weighted by atomic mass is 19.2. The maximum atomic E-state index is 13.8. The molecule has 1 aliphatic rings. The van der Waals surface area contributed by atoms with Gasteiger partial charge in [0.2, 0.25) is 5.91 Å². The molecule has 36 heavy (non-hydrogen) atoms. The minimum Gasteiger partial charge on any atom is -0.383 e. The van der Waals surface area contributed by atoms with Crippen molar-refractivity contribution in [2.24, 2.45) is 0 Å². The number of anilines is 1. The molecule has 0 bridgehead atoms. The van der Waals surface area contributed by atoms with E-state index in [0.717, 1.165) is 47.9 Å². The standard InChI is InChI=1S/C28H32F2N4O2/c1-17(2)34-13-3-4-25(34)28(36)33-24(16-19-6-9-22(29)23(30)15-19)26(35)10-7-18-5-8-21-20(14-18)11-12-32-27(21)31/h5-6,8-9,11-12,14-15,17,24-25H,3-4,7,10,13,16H2,1-2H3,(H2,31,32)(H,33,36)/t24-,25+/m0/s1. The fourth-order valence-electron chi connectivity index (χ4n) is 4.95. The zero-order chi connectivity index (χ0) is 25.8. The van der Waals surface area contributed by atoms with Gasteiger partial charge in [-0.05, 0) is 80.8 Å². The predicted molar refractivity (Wildman–Crippen MR) is 136 cm³/mol. The van der Waals surface area contributed by atoms with Gasteiger partial charge in [-0.1, -0.05) is 24.3 Å². The highest BCUT2D eigenvalue weighted by Gasteiger charge is 2.34. The number of carbonyl (C=O) groups excluding carboxylic acids is 2. The number of fused-ring (bicyclic) bond motifs is 1. The first-order valence-corrected chi connectivity index (χ1v) is 12.4. The molecular formula is C28H32F2N4O2. The summed E-state index contributed by atoms with van der Waals surface area (Å²) >= 11 is 0. The molecule has 3 aromatic rings. The Morgan fingerprint density at radius 2 is 1.89 bits per heavy atom. The first-order chi connectivity index (χ1) is 17.2. The second kappa shape index (κ2) is 11.1. The van der Waals surface area contributed by atoms with E-state index in [0.29, 0.717) is 17.8 Å². The van der Waals surface area contributed by atoms with E-state index in [1.54, 1.807) is 6.20 Å². The van der Waals surface area contributed by atoms with Crippen LogP contribution >= 0.6 is 0 Å². The number of hydrogen-bond acceptors (Lipinski definition) is 5. The number of nitrogen functional groups attached to an aromatic ring is 1. The number of amides is 1. The van der Waals surface area contributed by atoms with Crippen molar-refractivity contribution in [1.82, 2.24) is 15.2 Å². The number of carbonyl (C=O) groups is 2. The summed E-state index contributed by atoms with van der Waals surface area (Å²) in [5.74, 6) is -1.83. The van der Waals surface area contributed by atoms with Crippen LogP contribution in [0, 0.1) is 11.6 Å². The number of rotatable bonds is 9. The summed E-state index contributed by atoms with van der Waals surface area (Å²) in [6, 6.07) is 10.3. The fourth-order valence-corrected chi connectivity index (χ4v) is 4.95. The third-order valence-corrected chi connectivity index (χ3v) is 6.91. The first-order valence-electron chi connectivity index (χ1n) is 12.4. The lowest BCUT2D eigenvalue weighted by Crippen LogP contribution is -2.51. The maximum absolute atomic E-state index is 13.8. The van der Waals surface area contributed by atoms with Gasteiger partial charge in [0, 0.05) is 24.0 Å². The largest absolute Gasteiger partial charge is 0.383 e. The van der Waals surface area contributed by atoms with E-state index in [1.807, 2.05) is 38.1 Å². The van der Waals surface area contributed by atoms with Crippen LogP contribution in [0.1, 0.15) is 44.2 Å². The average Bonchev–Trinajstić information content (AvgIpc) is 3.35. The molecule has 4 rings (SSSR count). The molecule has 0 spiro atoms. The molecule has 0 saturated carbocycles. The lowest BCUT2D eigenvalue weighted by atomic mass is 9.96. The molecule has 2 heterocycles. The zero-order valence-electron chi connectivity index (χ0n) is 20.6. The van der Waals surface area contributed by atoms with Crippen molar-refractivity contribution >= 4 is 28.3 Å². The minimum atomic E-state index is -0.975. The Kier molecular flexibility index (Phi) is 7.94. The predicted octanol–water partition coefficient (Wildman–Crippen LogP) is 4.20. The Morgan fingerprint density at radius 3 is 2.64 bits per heavy atom. The van der Waals surface area contributed by atoms with Crippen LogP contribution in [0.25, 0.3) is 10.8 Å². The number of likely N-dealkylation sites (tertiary alicyclic amines) is 1. The normalized spacial score (nSPS) is 17.0. The number of benzene rings is 2. The smallest absolute Gasteiger partial charge is 0.237 e. The summed E-state index contributed by atoms with van der Waals surface area (Å²) in [4.78, 5) is 32.7. The summed E-state index contributed by atoms with van der Waals surface area (Å²) in [5.41, 5.74) is 7.34. The van der Waals surface area contributed by atoms with Gasteiger partial charge in [-0.15, -0.1) is 0 Å². The lowest BCUT2D eigenvalue weighted by Gasteiger charge is -2.29. The van der Waals surface area contributed by atoms with E-state index >= 15 is 0 Å². The molecule has 2 aromatic carbocycles. The topological polar surface area (TPSA) is 88.3 Å². The van der Waals surface area contributed by atoms with Crippen molar-refractivity contribution < 1.29 is 18.4 Å². The van der Waals surface area contributed by atoms with E-state index in [9.17, 15) is 18.4 Å². The van der Waals surface area contributed by atoms with Crippen molar-refractivity contribution in [2.75, 3.05) is 12.3 Å². The summed E-state index contributed by atoms with van der Waals surface area (Å²) in [6.07, 6.45) is 4.05. The van der Waals surface area contributed by atoms with Crippen LogP contribution in [0.5, 0.6) is 0 Å². The number of Topliss-reactive ketones (excluding diaryl/α,β-unsaturated/α-hetero) is 1. The maximum Gasteiger partial charge on any atom is 0.237 e. The Labute approximate surface area is 209 Å². The van der Waals surface area contributed by atoms with Gasteiger partial charge >= 0.3 is 0 Å². The van der Waals surface area contributed by atoms with Gasteiger partial charge in [-0.25, -0.2) is 13.8 Å². The van der Waals surface area contributed by atoms with Crippen molar-refractivity contribution in [1.29, 1.82) is 0 Å². The Hall–Kier alpha value is -3.39. The van der Waals surface area contributed by atoms with Crippen molar-refractivity contribution in [3.8, 4) is 0 Å². The van der Waals surface area contributed by atoms with Crippen LogP contribution < -0.4 is 11.1 Å². The van der Waals surface area contributed by atoms with Crippen molar-refractivity contribution in [3.05, 3.63) is 71.4 Å². The molecule has 190 valence electrons. The molecule has 2 atom stereocenters. The fraction of sp³-hybridized carbons (Fsp3) is 0.393. The molecule has 8 heteroatoms. The first kappa shape index (κ1) is 25.7. The molecule has 0 unspecified atom stereocenters. The number of nitrogens with one attached hydrogen (secondary N) is 1. The van der Waals surface area contributed by atoms with Crippen LogP contribution in [0.3, 0.4) is 0 Å². The zero-order valence-corrected chi connectivity index (χ0v) is 20.6. The van der Waals surface area contributed by atoms with Crippen molar-refractivity contribution in [3.63, 3.8) is 0 Å². The van der Waals surface area contributed by atoms with E-state index in [1.165, 1.54) is 6.07 Å². The number of hydrogen-bond donors (Lipinski definition) is 2. The van der Waals surface area contributed by atoms with Gasteiger partial charge in [0.25, 0.3) is 0 Å². The molecule has 1 aliphatic heterocycles. The number of pyridine rings is 1. The van der Waals surface area contributed by atoms with Gasteiger partial charge in [-0.2, -0.15) is 0 Å². The van der Waals surface area contributed by atoms with E-state index in [-0.39, 0.29) is 36.6 Å². The van der Waals surface area contributed by atoms with E-state index < -0.39 is 17.7 Å². The molecule has 0 aliphatic carbocycles. The molecule has 1 aromatic heterocycles. The van der Waals surface area contributed by atoms with Crippen LogP contribution in [0.4, 0.5) is 14.6 Å². The molecule has 1 saturated heterocycles. The summed E-state index contributed by atoms with van der Waals surface area (Å²) in [6.45, 7) is 4.92. The molecule has 1 amide bonds. The SMILES string of the molecule is CC(C)N1CCC[C@@H]1C(=O)N[C@@H](Cc1ccc(F)c(F)c1)C(=O)CCc1ccc2c(N)nccc2c1. The van der Waals surface area contributed by atoms with E-state index in [4.69, 9.17) is 5.73 Å². The van der Waals surface area contributed by atoms with Gasteiger partial charge in [0.15, 0.2) is 17.4 Å². The summed E-state index contributed by atoms with van der Waals surface area (Å²) < 4.78 is 27.3. The summed E-state index contributed by atoms with van der Waals surface area (Å²) in [5, 5.41) is 4.72. The Morgan fingerprint density at radius 1 is 1.11 bits per heavy atom. The highest BCUT2D eigenvalue weighted by molar-refractivity contribution is 5.92. The number of aryl methyl sites for hydroxylation is 1. The Balaban J connectivity index is 1.50. The Bertz CT molecular complexity index is 1260. The monoisotopic (exact) mass is 494 g/mol. The van der Waals surface area contributed by atoms with Crippen molar-refractivity contribution in [2.45, 2.75) is 64.1 Å². The molecule has 0 radical (unpaired) electrons. The molecular weight excluding hydrogens is 462 g/mol. The molecule has 1 fully saturated rings. The van der Waals surface area contributed by atoms with Crippen LogP contribution in [-0.2, 0) is 22.4 Å². The van der Waals surface area contributed by atoms with Gasteiger partial charge in [-0.3, -0.25) is 14.5 Å². The number of nitrogens with two attached hydrogens (primary N) is 1. The number of aromatic nitrogens is 1. The van der Waals surface area contributed by atoms with Crippen LogP contribution in [0.15, 0.2) is 48.7 Å². The second-order valence-electron chi connectivity index (χ2n) is 9.72. The number of ketones is 1. The van der Waals surface area contributed by atoms with Gasteiger partial charge in [0.1, 0.15) is 5.82 Å². The van der Waals surface area contributed by atoms with Gasteiger partial charge < -0.3 is 11.1 Å². The number of halogens is 2. The van der Waals surface area contributed by atoms with E-state index in [2.05, 4.69) is 15.2 Å². The summed E-state index contributed by atoms with van der Waals surface area (Å²) in [7, 11) is 0. The molecule has 6 nitrogen and oxygen atoms in total. The third-order valence-electron chi connectivity index (χ3n) is 6.91. The molecule has 3 N–H and O–H groups in total. The lowest BCUT2D eigenvalue weighted by molar-refractivity contribution is -0.131. The van der Waals surface area contributed by atoms with Gasteiger partial charge in [0.05, 0.1) is 12.1 Å². The van der Waals surface area contributed by atoms with Crippen LogP contribution in [-0.4, -0.2) is 46.2 Å². The average molecular weight is 495 g/mol. The third kappa shape index (κ3) is 5.87.